The van der Waals surface area contributed by atoms with Gasteiger partial charge in [0.1, 0.15) is 5.82 Å². The third kappa shape index (κ3) is 2.62. The fraction of sp³-hybridized carbons (Fsp3) is 0.273. The first kappa shape index (κ1) is 12.4. The topological polar surface area (TPSA) is 37.8 Å². The molecule has 2 rings (SSSR count). The summed E-state index contributed by atoms with van der Waals surface area (Å²) in [6, 6.07) is 4.30. The van der Waals surface area contributed by atoms with Crippen LogP contribution in [0.2, 0.25) is 5.02 Å². The van der Waals surface area contributed by atoms with Crippen LogP contribution in [0, 0.1) is 5.82 Å². The summed E-state index contributed by atoms with van der Waals surface area (Å²) in [5.41, 5.74) is 1.10. The average Bonchev–Trinajstić information content (AvgIpc) is 2.80. The van der Waals surface area contributed by atoms with E-state index in [2.05, 4.69) is 14.1 Å². The summed E-state index contributed by atoms with van der Waals surface area (Å²) in [7, 11) is 0. The molecule has 0 aliphatic heterocycles. The fourth-order valence-corrected chi connectivity index (χ4v) is 2.37. The first-order valence-electron chi connectivity index (χ1n) is 5.18. The lowest BCUT2D eigenvalue weighted by molar-refractivity contribution is 0.554. The van der Waals surface area contributed by atoms with Crippen molar-refractivity contribution in [1.29, 1.82) is 0 Å². The van der Waals surface area contributed by atoms with E-state index in [1.807, 2.05) is 6.92 Å². The molecule has 1 aromatic heterocycles. The summed E-state index contributed by atoms with van der Waals surface area (Å²) < 4.78 is 21.9. The van der Waals surface area contributed by atoms with Crippen molar-refractivity contribution in [2.24, 2.45) is 0 Å². The molecular formula is C11H11ClFN3S. The lowest BCUT2D eigenvalue weighted by Gasteiger charge is -2.17. The molecule has 90 valence electrons. The number of aromatic nitrogens is 2. The van der Waals surface area contributed by atoms with Crippen molar-refractivity contribution >= 4 is 23.3 Å². The molecule has 17 heavy (non-hydrogen) atoms. The van der Waals surface area contributed by atoms with Gasteiger partial charge in [-0.15, -0.1) is 0 Å². The molecule has 0 spiro atoms. The lowest BCUT2D eigenvalue weighted by Crippen LogP contribution is -2.23. The quantitative estimate of drug-likeness (QED) is 0.929. The van der Waals surface area contributed by atoms with E-state index in [0.29, 0.717) is 22.8 Å². The summed E-state index contributed by atoms with van der Waals surface area (Å²) in [6.45, 7) is 2.63. The molecule has 0 saturated carbocycles. The first-order valence-corrected chi connectivity index (χ1v) is 6.29. The van der Waals surface area contributed by atoms with E-state index in [4.69, 9.17) is 11.6 Å². The molecule has 0 radical (unpaired) electrons. The van der Waals surface area contributed by atoms with Crippen molar-refractivity contribution in [3.63, 3.8) is 0 Å². The molecule has 1 aromatic carbocycles. The van der Waals surface area contributed by atoms with Gasteiger partial charge in [-0.05, 0) is 18.7 Å². The van der Waals surface area contributed by atoms with Gasteiger partial charge >= 0.3 is 0 Å². The van der Waals surface area contributed by atoms with Crippen LogP contribution in [0.5, 0.6) is 0 Å². The van der Waals surface area contributed by atoms with E-state index < -0.39 is 0 Å². The Hall–Kier alpha value is -1.04. The minimum absolute atomic E-state index is 0.337. The summed E-state index contributed by atoms with van der Waals surface area (Å²) >= 11 is 7.15. The molecular weight excluding hydrogens is 261 g/mol. The Morgan fingerprint density at radius 3 is 2.94 bits per heavy atom. The molecule has 1 unspecified atom stereocenters. The summed E-state index contributed by atoms with van der Waals surface area (Å²) in [5.74, 6) is -0.337. The standard InChI is InChI=1S/C11H11ClFN3S/c1-2-14-11(9-6-15-17-16-9)10-7(12)4-3-5-8(10)13/h3-6,11,14H,2H2,1H3. The first-order chi connectivity index (χ1) is 8.24. The Bertz CT molecular complexity index is 469. The van der Waals surface area contributed by atoms with Crippen LogP contribution < -0.4 is 5.32 Å². The van der Waals surface area contributed by atoms with Crippen molar-refractivity contribution < 1.29 is 4.39 Å². The number of hydrogen-bond acceptors (Lipinski definition) is 4. The second-order valence-electron chi connectivity index (χ2n) is 3.46. The van der Waals surface area contributed by atoms with E-state index in [1.165, 1.54) is 6.07 Å². The Kier molecular flexibility index (Phi) is 4.04. The van der Waals surface area contributed by atoms with Gasteiger partial charge in [0, 0.05) is 10.6 Å². The van der Waals surface area contributed by atoms with Crippen LogP contribution >= 0.6 is 23.3 Å². The van der Waals surface area contributed by atoms with Crippen LogP contribution in [0.15, 0.2) is 24.4 Å². The van der Waals surface area contributed by atoms with Gasteiger partial charge in [0.05, 0.1) is 29.7 Å². The molecule has 0 saturated heterocycles. The second-order valence-corrected chi connectivity index (χ2v) is 4.42. The van der Waals surface area contributed by atoms with Gasteiger partial charge in [-0.1, -0.05) is 24.6 Å². The van der Waals surface area contributed by atoms with Crippen molar-refractivity contribution in [2.45, 2.75) is 13.0 Å². The highest BCUT2D eigenvalue weighted by Gasteiger charge is 2.21. The molecule has 0 aliphatic rings. The van der Waals surface area contributed by atoms with Crippen LogP contribution in [-0.2, 0) is 0 Å². The average molecular weight is 272 g/mol. The van der Waals surface area contributed by atoms with E-state index >= 15 is 0 Å². The van der Waals surface area contributed by atoms with Gasteiger partial charge in [-0.25, -0.2) is 4.39 Å². The lowest BCUT2D eigenvalue weighted by atomic mass is 10.0. The predicted octanol–water partition coefficient (Wildman–Crippen LogP) is 3.03. The second kappa shape index (κ2) is 5.53. The Balaban J connectivity index is 2.46. The molecule has 0 bridgehead atoms. The minimum Gasteiger partial charge on any atom is -0.305 e. The molecule has 1 heterocycles. The summed E-state index contributed by atoms with van der Waals surface area (Å²) in [4.78, 5) is 0. The maximum Gasteiger partial charge on any atom is 0.129 e. The maximum atomic E-state index is 13.8. The van der Waals surface area contributed by atoms with Crippen molar-refractivity contribution in [2.75, 3.05) is 6.54 Å². The van der Waals surface area contributed by atoms with Crippen LogP contribution in [0.3, 0.4) is 0 Å². The third-order valence-electron chi connectivity index (χ3n) is 2.37. The highest BCUT2D eigenvalue weighted by molar-refractivity contribution is 6.99. The van der Waals surface area contributed by atoms with Crippen LogP contribution in [0.1, 0.15) is 24.2 Å². The van der Waals surface area contributed by atoms with Crippen LogP contribution in [-0.4, -0.2) is 15.3 Å². The number of nitrogens with one attached hydrogen (secondary N) is 1. The minimum atomic E-state index is -0.354. The third-order valence-corrected chi connectivity index (χ3v) is 3.19. The number of hydrogen-bond donors (Lipinski definition) is 1. The van der Waals surface area contributed by atoms with Gasteiger partial charge < -0.3 is 5.32 Å². The normalized spacial score (nSPS) is 12.6. The Morgan fingerprint density at radius 1 is 1.53 bits per heavy atom. The largest absolute Gasteiger partial charge is 0.305 e. The smallest absolute Gasteiger partial charge is 0.129 e. The van der Waals surface area contributed by atoms with Gasteiger partial charge in [-0.2, -0.15) is 8.75 Å². The number of rotatable bonds is 4. The maximum absolute atomic E-state index is 13.8. The molecule has 0 fully saturated rings. The molecule has 1 N–H and O–H groups in total. The predicted molar refractivity (Wildman–Crippen MR) is 66.8 cm³/mol. The molecule has 0 aliphatic carbocycles. The van der Waals surface area contributed by atoms with Gasteiger partial charge in [-0.3, -0.25) is 0 Å². The van der Waals surface area contributed by atoms with Crippen molar-refractivity contribution in [1.82, 2.24) is 14.1 Å². The van der Waals surface area contributed by atoms with E-state index in [9.17, 15) is 4.39 Å². The SMILES string of the molecule is CCNC(c1cnsn1)c1c(F)cccc1Cl. The van der Waals surface area contributed by atoms with E-state index in [1.54, 1.807) is 18.3 Å². The van der Waals surface area contributed by atoms with Crippen LogP contribution in [0.25, 0.3) is 0 Å². The number of benzene rings is 1. The zero-order valence-corrected chi connectivity index (χ0v) is 10.7. The molecule has 6 heteroatoms. The number of nitrogens with zero attached hydrogens (tertiary/aromatic N) is 2. The molecule has 1 atom stereocenters. The molecule has 2 aromatic rings. The van der Waals surface area contributed by atoms with Gasteiger partial charge in [0.25, 0.3) is 0 Å². The summed E-state index contributed by atoms with van der Waals surface area (Å²) in [5, 5.41) is 3.56. The van der Waals surface area contributed by atoms with Crippen LogP contribution in [0.4, 0.5) is 4.39 Å². The highest BCUT2D eigenvalue weighted by atomic mass is 35.5. The zero-order chi connectivity index (χ0) is 12.3. The Labute approximate surface area is 108 Å². The molecule has 0 amide bonds. The fourth-order valence-electron chi connectivity index (χ4n) is 1.64. The highest BCUT2D eigenvalue weighted by Crippen LogP contribution is 2.29. The van der Waals surface area contributed by atoms with E-state index in [-0.39, 0.29) is 11.9 Å². The monoisotopic (exact) mass is 271 g/mol. The number of halogens is 2. The van der Waals surface area contributed by atoms with Crippen molar-refractivity contribution in [3.8, 4) is 0 Å². The van der Waals surface area contributed by atoms with Gasteiger partial charge in [0.2, 0.25) is 0 Å². The molecule has 3 nitrogen and oxygen atoms in total. The summed E-state index contributed by atoms with van der Waals surface area (Å²) in [6.07, 6.45) is 1.63. The zero-order valence-electron chi connectivity index (χ0n) is 9.15. The Morgan fingerprint density at radius 2 is 2.35 bits per heavy atom. The van der Waals surface area contributed by atoms with E-state index in [0.717, 1.165) is 11.7 Å². The van der Waals surface area contributed by atoms with Crippen molar-refractivity contribution in [3.05, 3.63) is 46.5 Å². The van der Waals surface area contributed by atoms with Gasteiger partial charge in [0.15, 0.2) is 0 Å².